The third kappa shape index (κ3) is 3.07. The van der Waals surface area contributed by atoms with Crippen LogP contribution in [0.15, 0.2) is 42.9 Å². The second-order valence-electron chi connectivity index (χ2n) is 4.55. The van der Waals surface area contributed by atoms with Crippen LogP contribution in [0.5, 0.6) is 0 Å². The Labute approximate surface area is 111 Å². The van der Waals surface area contributed by atoms with Gasteiger partial charge in [0.25, 0.3) is 0 Å². The Morgan fingerprint density at radius 3 is 2.58 bits per heavy atom. The van der Waals surface area contributed by atoms with Gasteiger partial charge in [-0.05, 0) is 31.0 Å². The lowest BCUT2D eigenvalue weighted by Gasteiger charge is -2.08. The Kier molecular flexibility index (Phi) is 3.10. The van der Waals surface area contributed by atoms with Gasteiger partial charge in [-0.3, -0.25) is 9.78 Å². The summed E-state index contributed by atoms with van der Waals surface area (Å²) in [6, 6.07) is 7.43. The summed E-state index contributed by atoms with van der Waals surface area (Å²) in [4.78, 5) is 19.8. The molecule has 5 heteroatoms. The zero-order valence-electron chi connectivity index (χ0n) is 10.3. The van der Waals surface area contributed by atoms with Crippen molar-refractivity contribution in [1.29, 1.82) is 0 Å². The van der Waals surface area contributed by atoms with E-state index in [1.54, 1.807) is 18.6 Å². The monoisotopic (exact) mass is 254 g/mol. The first-order valence-corrected chi connectivity index (χ1v) is 6.25. The summed E-state index contributed by atoms with van der Waals surface area (Å²) in [5, 5.41) is 6.06. The minimum atomic E-state index is 0.0635. The highest BCUT2D eigenvalue weighted by atomic mass is 16.2. The van der Waals surface area contributed by atoms with Crippen molar-refractivity contribution in [2.45, 2.75) is 12.8 Å². The van der Waals surface area contributed by atoms with E-state index in [0.29, 0.717) is 5.82 Å². The molecule has 1 aliphatic carbocycles. The van der Waals surface area contributed by atoms with Crippen molar-refractivity contribution in [1.82, 2.24) is 9.97 Å². The molecule has 1 fully saturated rings. The van der Waals surface area contributed by atoms with Crippen molar-refractivity contribution in [3.63, 3.8) is 0 Å². The first-order chi connectivity index (χ1) is 9.31. The standard InChI is InChI=1S/C14H14N4O/c19-14(10-1-2-10)18-13-9-12(5-8-16-13)17-11-3-6-15-7-4-11/h3-10H,1-2H2,(H2,15,16,17,18,19). The van der Waals surface area contributed by atoms with Crippen molar-refractivity contribution in [2.24, 2.45) is 5.92 Å². The van der Waals surface area contributed by atoms with E-state index in [1.165, 1.54) is 0 Å². The fourth-order valence-corrected chi connectivity index (χ4v) is 1.75. The molecule has 0 unspecified atom stereocenters. The molecule has 2 N–H and O–H groups in total. The third-order valence-electron chi connectivity index (χ3n) is 2.93. The highest BCUT2D eigenvalue weighted by Gasteiger charge is 2.29. The number of carbonyl (C=O) groups excluding carboxylic acids is 1. The van der Waals surface area contributed by atoms with E-state index >= 15 is 0 Å². The Balaban J connectivity index is 1.70. The maximum atomic E-state index is 11.7. The van der Waals surface area contributed by atoms with E-state index in [4.69, 9.17) is 0 Å². The van der Waals surface area contributed by atoms with Gasteiger partial charge in [0.05, 0.1) is 0 Å². The molecule has 5 nitrogen and oxygen atoms in total. The van der Waals surface area contributed by atoms with Crippen LogP contribution < -0.4 is 10.6 Å². The second-order valence-corrected chi connectivity index (χ2v) is 4.55. The van der Waals surface area contributed by atoms with E-state index < -0.39 is 0 Å². The smallest absolute Gasteiger partial charge is 0.228 e. The fourth-order valence-electron chi connectivity index (χ4n) is 1.75. The highest BCUT2D eigenvalue weighted by molar-refractivity contribution is 5.93. The molecule has 2 heterocycles. The Morgan fingerprint density at radius 2 is 1.84 bits per heavy atom. The van der Waals surface area contributed by atoms with Gasteiger partial charge in [-0.2, -0.15) is 0 Å². The number of hydrogen-bond acceptors (Lipinski definition) is 4. The number of anilines is 3. The topological polar surface area (TPSA) is 66.9 Å². The summed E-state index contributed by atoms with van der Waals surface area (Å²) in [5.74, 6) is 0.822. The number of carbonyl (C=O) groups is 1. The Hall–Kier alpha value is -2.43. The van der Waals surface area contributed by atoms with Gasteiger partial charge in [0.15, 0.2) is 0 Å². The van der Waals surface area contributed by atoms with Crippen LogP contribution in [0.3, 0.4) is 0 Å². The number of amides is 1. The summed E-state index contributed by atoms with van der Waals surface area (Å²) in [6.07, 6.45) is 7.09. The molecule has 0 aromatic carbocycles. The molecule has 19 heavy (non-hydrogen) atoms. The van der Waals surface area contributed by atoms with Gasteiger partial charge in [0, 0.05) is 41.9 Å². The molecule has 96 valence electrons. The van der Waals surface area contributed by atoms with Crippen molar-refractivity contribution in [2.75, 3.05) is 10.6 Å². The summed E-state index contributed by atoms with van der Waals surface area (Å²) in [5.41, 5.74) is 1.83. The molecule has 0 aliphatic heterocycles. The van der Waals surface area contributed by atoms with E-state index in [2.05, 4.69) is 20.6 Å². The quantitative estimate of drug-likeness (QED) is 0.880. The molecule has 0 bridgehead atoms. The average molecular weight is 254 g/mol. The summed E-state index contributed by atoms with van der Waals surface area (Å²) >= 11 is 0. The van der Waals surface area contributed by atoms with Crippen LogP contribution in [0.4, 0.5) is 17.2 Å². The number of nitrogens with zero attached hydrogens (tertiary/aromatic N) is 2. The molecule has 0 atom stereocenters. The SMILES string of the molecule is O=C(Nc1cc(Nc2ccncc2)ccn1)C1CC1. The molecule has 2 aromatic rings. The van der Waals surface area contributed by atoms with Crippen LogP contribution in [0.1, 0.15) is 12.8 Å². The average Bonchev–Trinajstić information content (AvgIpc) is 3.24. The molecule has 0 saturated heterocycles. The van der Waals surface area contributed by atoms with Crippen LogP contribution in [-0.4, -0.2) is 15.9 Å². The third-order valence-corrected chi connectivity index (χ3v) is 2.93. The normalized spacial score (nSPS) is 13.9. The molecule has 0 radical (unpaired) electrons. The number of hydrogen-bond donors (Lipinski definition) is 2. The van der Waals surface area contributed by atoms with Crippen molar-refractivity contribution in [3.05, 3.63) is 42.9 Å². The zero-order chi connectivity index (χ0) is 13.1. The van der Waals surface area contributed by atoms with Crippen molar-refractivity contribution < 1.29 is 4.79 Å². The second kappa shape index (κ2) is 5.06. The van der Waals surface area contributed by atoms with Crippen LogP contribution in [0.2, 0.25) is 0 Å². The van der Waals surface area contributed by atoms with Crippen molar-refractivity contribution >= 4 is 23.1 Å². The van der Waals surface area contributed by atoms with E-state index in [-0.39, 0.29) is 11.8 Å². The summed E-state index contributed by atoms with van der Waals surface area (Å²) in [7, 11) is 0. The number of nitrogens with one attached hydrogen (secondary N) is 2. The molecule has 0 spiro atoms. The highest BCUT2D eigenvalue weighted by Crippen LogP contribution is 2.30. The molecule has 1 saturated carbocycles. The fraction of sp³-hybridized carbons (Fsp3) is 0.214. The predicted octanol–water partition coefficient (Wildman–Crippen LogP) is 2.57. The molecule has 1 amide bonds. The largest absolute Gasteiger partial charge is 0.355 e. The summed E-state index contributed by atoms with van der Waals surface area (Å²) in [6.45, 7) is 0. The van der Waals surface area contributed by atoms with Crippen LogP contribution in [0.25, 0.3) is 0 Å². The van der Waals surface area contributed by atoms with Crippen molar-refractivity contribution in [3.8, 4) is 0 Å². The van der Waals surface area contributed by atoms with E-state index in [1.807, 2.05) is 24.3 Å². The minimum absolute atomic E-state index is 0.0635. The summed E-state index contributed by atoms with van der Waals surface area (Å²) < 4.78 is 0. The lowest BCUT2D eigenvalue weighted by Crippen LogP contribution is -2.14. The van der Waals surface area contributed by atoms with Crippen LogP contribution in [0, 0.1) is 5.92 Å². The lowest BCUT2D eigenvalue weighted by molar-refractivity contribution is -0.117. The Bertz CT molecular complexity index is 581. The van der Waals surface area contributed by atoms with Crippen LogP contribution >= 0.6 is 0 Å². The molecule has 1 aliphatic rings. The number of aromatic nitrogens is 2. The van der Waals surface area contributed by atoms with Gasteiger partial charge < -0.3 is 10.6 Å². The number of pyridine rings is 2. The van der Waals surface area contributed by atoms with Gasteiger partial charge in [0.2, 0.25) is 5.91 Å². The van der Waals surface area contributed by atoms with Crippen LogP contribution in [-0.2, 0) is 4.79 Å². The lowest BCUT2D eigenvalue weighted by atomic mass is 10.3. The number of rotatable bonds is 4. The molecule has 2 aromatic heterocycles. The molecular weight excluding hydrogens is 240 g/mol. The van der Waals surface area contributed by atoms with Gasteiger partial charge in [-0.1, -0.05) is 0 Å². The van der Waals surface area contributed by atoms with E-state index in [9.17, 15) is 4.79 Å². The minimum Gasteiger partial charge on any atom is -0.355 e. The van der Waals surface area contributed by atoms with Gasteiger partial charge >= 0.3 is 0 Å². The Morgan fingerprint density at radius 1 is 1.11 bits per heavy atom. The molecular formula is C14H14N4O. The van der Waals surface area contributed by atoms with Gasteiger partial charge in [-0.15, -0.1) is 0 Å². The van der Waals surface area contributed by atoms with Gasteiger partial charge in [-0.25, -0.2) is 4.98 Å². The maximum Gasteiger partial charge on any atom is 0.228 e. The predicted molar refractivity (Wildman–Crippen MR) is 73.1 cm³/mol. The first-order valence-electron chi connectivity index (χ1n) is 6.25. The first kappa shape index (κ1) is 11.6. The van der Waals surface area contributed by atoms with Gasteiger partial charge in [0.1, 0.15) is 5.82 Å². The van der Waals surface area contributed by atoms with E-state index in [0.717, 1.165) is 24.2 Å². The maximum absolute atomic E-state index is 11.7. The zero-order valence-corrected chi connectivity index (χ0v) is 10.3. The molecule has 3 rings (SSSR count).